The maximum absolute atomic E-state index is 13.4. The van der Waals surface area contributed by atoms with Crippen LogP contribution in [-0.2, 0) is 33.4 Å². The second kappa shape index (κ2) is 17.1. The molecule has 0 heterocycles. The topological polar surface area (TPSA) is 164 Å². The van der Waals surface area contributed by atoms with Gasteiger partial charge >= 0.3 is 29.8 Å². The van der Waals surface area contributed by atoms with E-state index in [1.54, 1.807) is 0 Å². The molecule has 5 aliphatic rings. The van der Waals surface area contributed by atoms with Crippen LogP contribution in [0.5, 0.6) is 0 Å². The zero-order chi connectivity index (χ0) is 43.1. The molecule has 57 heavy (non-hydrogen) atoms. The molecular formula is C47H76O10. The molecule has 5 aliphatic carbocycles. The van der Waals surface area contributed by atoms with Gasteiger partial charge in [0.1, 0.15) is 12.7 Å². The van der Waals surface area contributed by atoms with E-state index in [4.69, 9.17) is 9.47 Å². The van der Waals surface area contributed by atoms with Crippen LogP contribution in [-0.4, -0.2) is 57.9 Å². The number of aliphatic carboxylic acids is 3. The van der Waals surface area contributed by atoms with Crippen molar-refractivity contribution in [3.8, 4) is 12.8 Å². The number of carbonyl (C=O) groups is 5. The molecule has 0 aliphatic heterocycles. The molecule has 3 N–H and O–H groups in total. The van der Waals surface area contributed by atoms with Crippen LogP contribution in [0.25, 0.3) is 0 Å². The minimum atomic E-state index is -1.31. The fourth-order valence-electron chi connectivity index (χ4n) is 12.2. The average molecular weight is 801 g/mol. The van der Waals surface area contributed by atoms with Gasteiger partial charge in [0.2, 0.25) is 0 Å². The number of hydrogen-bond donors (Lipinski definition) is 3. The average Bonchev–Trinajstić information content (AvgIpc) is 3.10. The normalized spacial score (nSPS) is 36.4. The third-order valence-electron chi connectivity index (χ3n) is 16.0. The summed E-state index contributed by atoms with van der Waals surface area (Å²) in [7, 11) is 0. The molecule has 0 bridgehead atoms. The molecule has 0 saturated heterocycles. The molecule has 0 aromatic carbocycles. The molecule has 10 nitrogen and oxygen atoms in total. The van der Waals surface area contributed by atoms with Crippen molar-refractivity contribution in [2.45, 2.75) is 174 Å². The van der Waals surface area contributed by atoms with Crippen molar-refractivity contribution in [3.05, 3.63) is 11.6 Å². The van der Waals surface area contributed by atoms with E-state index in [1.807, 2.05) is 20.8 Å². The van der Waals surface area contributed by atoms with Gasteiger partial charge in [-0.2, -0.15) is 0 Å². The van der Waals surface area contributed by atoms with Crippen LogP contribution in [0.3, 0.4) is 0 Å². The summed E-state index contributed by atoms with van der Waals surface area (Å²) in [4.78, 5) is 63.3. The van der Waals surface area contributed by atoms with Crippen LogP contribution in [0, 0.1) is 73.9 Å². The molecule has 4 saturated carbocycles. The van der Waals surface area contributed by atoms with Gasteiger partial charge in [-0.25, -0.2) is 0 Å². The van der Waals surface area contributed by atoms with Crippen molar-refractivity contribution in [1.82, 2.24) is 0 Å². The molecule has 324 valence electrons. The third-order valence-corrected chi connectivity index (χ3v) is 16.0. The van der Waals surface area contributed by atoms with Gasteiger partial charge in [-0.15, -0.1) is 12.8 Å². The number of carbonyl (C=O) groups excluding carboxylic acids is 2. The summed E-state index contributed by atoms with van der Waals surface area (Å²) in [6.45, 7) is 23.6. The van der Waals surface area contributed by atoms with Crippen LogP contribution >= 0.6 is 0 Å². The fourth-order valence-corrected chi connectivity index (χ4v) is 12.2. The maximum atomic E-state index is 13.4. The molecule has 0 amide bonds. The first-order chi connectivity index (χ1) is 25.7. The second-order valence-corrected chi connectivity index (χ2v) is 20.6. The highest BCUT2D eigenvalue weighted by molar-refractivity contribution is 5.82. The summed E-state index contributed by atoms with van der Waals surface area (Å²) in [5.41, 5.74) is -3.29. The minimum absolute atomic E-state index is 0. The van der Waals surface area contributed by atoms with Gasteiger partial charge in [0, 0.05) is 5.41 Å². The van der Waals surface area contributed by atoms with E-state index in [1.165, 1.54) is 33.3 Å². The number of esters is 2. The van der Waals surface area contributed by atoms with Crippen molar-refractivity contribution in [3.63, 3.8) is 0 Å². The van der Waals surface area contributed by atoms with Gasteiger partial charge < -0.3 is 24.8 Å². The fraction of sp³-hybridized carbons (Fsp3) is 0.809. The monoisotopic (exact) mass is 801 g/mol. The number of fused-ring (bicyclic) bond motifs is 7. The van der Waals surface area contributed by atoms with Gasteiger partial charge in [0.05, 0.1) is 29.1 Å². The van der Waals surface area contributed by atoms with Gasteiger partial charge in [-0.1, -0.05) is 74.5 Å². The molecule has 0 radical (unpaired) electrons. The van der Waals surface area contributed by atoms with E-state index >= 15 is 0 Å². The molecule has 0 spiro atoms. The number of allylic oxidation sites excluding steroid dienone is 2. The Labute approximate surface area is 343 Å². The summed E-state index contributed by atoms with van der Waals surface area (Å²) in [5.74, 6) is -3.87. The lowest BCUT2D eigenvalue weighted by atomic mass is 9.33. The number of terminal acetylenes is 1. The highest BCUT2D eigenvalue weighted by Crippen LogP contribution is 2.76. The van der Waals surface area contributed by atoms with Crippen molar-refractivity contribution in [1.29, 1.82) is 0 Å². The molecule has 10 heteroatoms. The first kappa shape index (κ1) is 49.8. The predicted molar refractivity (Wildman–Crippen MR) is 222 cm³/mol. The Morgan fingerprint density at radius 2 is 1.28 bits per heavy atom. The lowest BCUT2D eigenvalue weighted by Gasteiger charge is -2.71. The first-order valence-electron chi connectivity index (χ1n) is 20.8. The third kappa shape index (κ3) is 8.56. The number of ether oxygens (including phenoxy) is 2. The van der Waals surface area contributed by atoms with Gasteiger partial charge in [-0.3, -0.25) is 24.0 Å². The SMILES string of the molecule is C.C#C.CC.CC1(C)CC[C@]2(C(=O)O)CC[C@]3(C)C(=CCC4[C@@]5(C)CC[C@H](OC(=O)CC(C)(C)C(=O)O)[C@@](C)(COC(=O)CC(C)(C)C(=O)O)C5CC[C@]43C)[C@@H]2C1. The zero-order valence-electron chi connectivity index (χ0n) is 36.4. The van der Waals surface area contributed by atoms with Crippen molar-refractivity contribution in [2.75, 3.05) is 6.61 Å². The van der Waals surface area contributed by atoms with Gasteiger partial charge in [0.15, 0.2) is 0 Å². The Morgan fingerprint density at radius 1 is 0.754 bits per heavy atom. The standard InChI is InChI=1S/C42H64O10.C2H6.C2H2.CH4/c1-35(2)17-19-42(34(49)50)20-18-40(9)25(26(42)21-35)11-12-28-38(7)15-14-29(52-31(44)23-37(5,6)33(47)48)39(8,27(38)13-16-41(28,40)10)24-51-30(43)22-36(3,4)32(45)46;2*1-2;/h11,26-29H,12-24H2,1-10H3,(H,45,46)(H,47,48)(H,49,50);1-2H3;1-2H;1H4/t26-,27?,28?,29-,38-,39-,40+,41+,42-;;;/m0.../s1. The van der Waals surface area contributed by atoms with Crippen LogP contribution in [0.4, 0.5) is 0 Å². The Kier molecular flexibility index (Phi) is 14.9. The Balaban J connectivity index is 0.00000217. The molecule has 0 aromatic rings. The molecule has 2 unspecified atom stereocenters. The number of rotatable bonds is 10. The van der Waals surface area contributed by atoms with Crippen molar-refractivity contribution in [2.24, 2.45) is 61.1 Å². The quantitative estimate of drug-likeness (QED) is 0.110. The smallest absolute Gasteiger partial charge is 0.310 e. The van der Waals surface area contributed by atoms with E-state index in [9.17, 15) is 39.3 Å². The predicted octanol–water partition coefficient (Wildman–Crippen LogP) is 10.2. The molecule has 4 fully saturated rings. The number of carboxylic acids is 3. The molecule has 5 rings (SSSR count). The van der Waals surface area contributed by atoms with E-state index in [2.05, 4.69) is 53.5 Å². The summed E-state index contributed by atoms with van der Waals surface area (Å²) in [6, 6.07) is 0. The van der Waals surface area contributed by atoms with E-state index in [0.29, 0.717) is 19.3 Å². The minimum Gasteiger partial charge on any atom is -0.481 e. The molecule has 9 atom stereocenters. The number of hydrogen-bond acceptors (Lipinski definition) is 7. The first-order valence-corrected chi connectivity index (χ1v) is 20.8. The van der Waals surface area contributed by atoms with Gasteiger partial charge in [0.25, 0.3) is 0 Å². The van der Waals surface area contributed by atoms with Gasteiger partial charge in [-0.05, 0) is 131 Å². The summed E-state index contributed by atoms with van der Waals surface area (Å²) in [5, 5.41) is 30.1. The lowest BCUT2D eigenvalue weighted by molar-refractivity contribution is -0.228. The van der Waals surface area contributed by atoms with Crippen LogP contribution in [0.15, 0.2) is 11.6 Å². The second-order valence-electron chi connectivity index (χ2n) is 20.6. The van der Waals surface area contributed by atoms with E-state index in [-0.39, 0.29) is 66.3 Å². The van der Waals surface area contributed by atoms with Crippen molar-refractivity contribution >= 4 is 29.8 Å². The Morgan fingerprint density at radius 3 is 1.81 bits per heavy atom. The Bertz CT molecular complexity index is 1590. The van der Waals surface area contributed by atoms with Crippen LogP contribution in [0.1, 0.15) is 168 Å². The summed E-state index contributed by atoms with van der Waals surface area (Å²) < 4.78 is 12.1. The highest BCUT2D eigenvalue weighted by atomic mass is 16.6. The molecule has 0 aromatic heterocycles. The maximum Gasteiger partial charge on any atom is 0.310 e. The van der Waals surface area contributed by atoms with E-state index < -0.39 is 57.6 Å². The molecular weight excluding hydrogens is 725 g/mol. The van der Waals surface area contributed by atoms with E-state index in [0.717, 1.165) is 44.9 Å². The van der Waals surface area contributed by atoms with Crippen LogP contribution in [0.2, 0.25) is 0 Å². The number of carboxylic acid groups (broad SMARTS) is 3. The lowest BCUT2D eigenvalue weighted by Crippen LogP contribution is -2.66. The largest absolute Gasteiger partial charge is 0.481 e. The van der Waals surface area contributed by atoms with Crippen LogP contribution < -0.4 is 0 Å². The summed E-state index contributed by atoms with van der Waals surface area (Å²) in [6.07, 6.45) is 16.9. The summed E-state index contributed by atoms with van der Waals surface area (Å²) >= 11 is 0. The Hall–Kier alpha value is -3.35. The highest BCUT2D eigenvalue weighted by Gasteiger charge is 2.70. The van der Waals surface area contributed by atoms with Crippen molar-refractivity contribution < 1.29 is 48.8 Å². The zero-order valence-corrected chi connectivity index (χ0v) is 36.4.